The van der Waals surface area contributed by atoms with E-state index >= 15 is 0 Å². The molecular formula is C19H32N4. The van der Waals surface area contributed by atoms with E-state index in [0.29, 0.717) is 0 Å². The van der Waals surface area contributed by atoms with E-state index in [2.05, 4.69) is 58.6 Å². The number of rotatable bonds is 6. The molecule has 1 aliphatic rings. The molecule has 1 fully saturated rings. The Morgan fingerprint density at radius 3 is 2.74 bits per heavy atom. The van der Waals surface area contributed by atoms with Gasteiger partial charge in [-0.15, -0.1) is 0 Å². The van der Waals surface area contributed by atoms with E-state index in [1.54, 1.807) is 0 Å². The Hall–Kier alpha value is -1.55. The van der Waals surface area contributed by atoms with Gasteiger partial charge in [0, 0.05) is 33.2 Å². The Morgan fingerprint density at radius 2 is 2.04 bits per heavy atom. The van der Waals surface area contributed by atoms with E-state index in [0.717, 1.165) is 30.9 Å². The molecule has 0 saturated carbocycles. The summed E-state index contributed by atoms with van der Waals surface area (Å²) in [5.41, 5.74) is 1.27. The molecule has 4 heteroatoms. The SMILES string of the molecule is CN=C(NCc1ccccc1)NCC1CCCN(CC(C)C)C1. The zero-order chi connectivity index (χ0) is 16.5. The molecule has 23 heavy (non-hydrogen) atoms. The molecule has 2 N–H and O–H groups in total. The van der Waals surface area contributed by atoms with Crippen LogP contribution in [0.3, 0.4) is 0 Å². The maximum absolute atomic E-state index is 4.34. The highest BCUT2D eigenvalue weighted by Gasteiger charge is 2.20. The van der Waals surface area contributed by atoms with Crippen molar-refractivity contribution in [1.29, 1.82) is 0 Å². The highest BCUT2D eigenvalue weighted by Crippen LogP contribution is 2.16. The van der Waals surface area contributed by atoms with Crippen LogP contribution in [0.25, 0.3) is 0 Å². The topological polar surface area (TPSA) is 39.7 Å². The van der Waals surface area contributed by atoms with Crippen LogP contribution >= 0.6 is 0 Å². The number of hydrogen-bond donors (Lipinski definition) is 2. The summed E-state index contributed by atoms with van der Waals surface area (Å²) in [6, 6.07) is 10.4. The van der Waals surface area contributed by atoms with Crippen molar-refractivity contribution in [3.8, 4) is 0 Å². The lowest BCUT2D eigenvalue weighted by molar-refractivity contribution is 0.159. The normalized spacial score (nSPS) is 19.8. The van der Waals surface area contributed by atoms with Gasteiger partial charge in [0.25, 0.3) is 0 Å². The Labute approximate surface area is 141 Å². The van der Waals surface area contributed by atoms with Crippen LogP contribution in [0.15, 0.2) is 35.3 Å². The van der Waals surface area contributed by atoms with Gasteiger partial charge in [0.2, 0.25) is 0 Å². The van der Waals surface area contributed by atoms with Crippen molar-refractivity contribution in [2.75, 3.05) is 33.2 Å². The van der Waals surface area contributed by atoms with Crippen molar-refractivity contribution in [2.24, 2.45) is 16.8 Å². The van der Waals surface area contributed by atoms with Gasteiger partial charge in [-0.25, -0.2) is 0 Å². The van der Waals surface area contributed by atoms with Crippen molar-refractivity contribution in [3.63, 3.8) is 0 Å². The third-order valence-electron chi connectivity index (χ3n) is 4.31. The molecule has 1 atom stereocenters. The summed E-state index contributed by atoms with van der Waals surface area (Å²) in [5, 5.41) is 6.89. The van der Waals surface area contributed by atoms with Gasteiger partial charge in [0.15, 0.2) is 5.96 Å². The van der Waals surface area contributed by atoms with Crippen LogP contribution in [-0.4, -0.2) is 44.1 Å². The van der Waals surface area contributed by atoms with E-state index in [-0.39, 0.29) is 0 Å². The number of guanidine groups is 1. The zero-order valence-corrected chi connectivity index (χ0v) is 14.9. The van der Waals surface area contributed by atoms with Crippen molar-refractivity contribution in [3.05, 3.63) is 35.9 Å². The van der Waals surface area contributed by atoms with Gasteiger partial charge in [-0.3, -0.25) is 4.99 Å². The summed E-state index contributed by atoms with van der Waals surface area (Å²) in [5.74, 6) is 2.37. The van der Waals surface area contributed by atoms with Gasteiger partial charge in [0.05, 0.1) is 0 Å². The molecular weight excluding hydrogens is 284 g/mol. The standard InChI is InChI=1S/C19H32N4/c1-16(2)14-23-11-7-10-18(15-23)13-22-19(20-3)21-12-17-8-5-4-6-9-17/h4-6,8-9,16,18H,7,10-15H2,1-3H3,(H2,20,21,22). The number of benzene rings is 1. The number of piperidine rings is 1. The summed E-state index contributed by atoms with van der Waals surface area (Å²) in [6.45, 7) is 10.1. The lowest BCUT2D eigenvalue weighted by atomic mass is 9.97. The highest BCUT2D eigenvalue weighted by molar-refractivity contribution is 5.79. The van der Waals surface area contributed by atoms with Gasteiger partial charge in [-0.1, -0.05) is 44.2 Å². The van der Waals surface area contributed by atoms with E-state index in [1.807, 2.05) is 13.1 Å². The molecule has 0 aliphatic carbocycles. The molecule has 1 aromatic rings. The zero-order valence-electron chi connectivity index (χ0n) is 14.9. The Bertz CT molecular complexity index is 470. The first-order valence-electron chi connectivity index (χ1n) is 8.88. The van der Waals surface area contributed by atoms with Crippen LogP contribution in [0, 0.1) is 11.8 Å². The smallest absolute Gasteiger partial charge is 0.191 e. The number of hydrogen-bond acceptors (Lipinski definition) is 2. The molecule has 1 heterocycles. The minimum atomic E-state index is 0.720. The number of nitrogens with one attached hydrogen (secondary N) is 2. The van der Waals surface area contributed by atoms with Gasteiger partial charge < -0.3 is 15.5 Å². The summed E-state index contributed by atoms with van der Waals surface area (Å²) < 4.78 is 0. The summed E-state index contributed by atoms with van der Waals surface area (Å²) in [7, 11) is 1.84. The molecule has 1 saturated heterocycles. The first-order chi connectivity index (χ1) is 11.2. The number of aliphatic imine (C=N–C) groups is 1. The van der Waals surface area contributed by atoms with Crippen LogP contribution in [-0.2, 0) is 6.54 Å². The second-order valence-corrected chi connectivity index (χ2v) is 6.95. The van der Waals surface area contributed by atoms with E-state index < -0.39 is 0 Å². The van der Waals surface area contributed by atoms with Gasteiger partial charge in [0.1, 0.15) is 0 Å². The van der Waals surface area contributed by atoms with Gasteiger partial charge in [-0.2, -0.15) is 0 Å². The van der Waals surface area contributed by atoms with Crippen molar-refractivity contribution < 1.29 is 0 Å². The summed E-state index contributed by atoms with van der Waals surface area (Å²) in [6.07, 6.45) is 2.63. The van der Waals surface area contributed by atoms with Crippen molar-refractivity contribution in [1.82, 2.24) is 15.5 Å². The molecule has 0 aromatic heterocycles. The molecule has 0 bridgehead atoms. The quantitative estimate of drug-likeness (QED) is 0.626. The van der Waals surface area contributed by atoms with Gasteiger partial charge >= 0.3 is 0 Å². The molecule has 4 nitrogen and oxygen atoms in total. The highest BCUT2D eigenvalue weighted by atomic mass is 15.2. The van der Waals surface area contributed by atoms with Crippen molar-refractivity contribution in [2.45, 2.75) is 33.2 Å². The summed E-state index contributed by atoms with van der Waals surface area (Å²) in [4.78, 5) is 6.95. The Balaban J connectivity index is 1.72. The van der Waals surface area contributed by atoms with Crippen LogP contribution in [0.1, 0.15) is 32.3 Å². The first-order valence-corrected chi connectivity index (χ1v) is 8.88. The first kappa shape index (κ1) is 17.8. The molecule has 1 aliphatic heterocycles. The fourth-order valence-corrected chi connectivity index (χ4v) is 3.24. The van der Waals surface area contributed by atoms with Crippen LogP contribution < -0.4 is 10.6 Å². The molecule has 0 spiro atoms. The van der Waals surface area contributed by atoms with Crippen LogP contribution in [0.5, 0.6) is 0 Å². The maximum Gasteiger partial charge on any atom is 0.191 e. The minimum Gasteiger partial charge on any atom is -0.356 e. The average Bonchev–Trinajstić information content (AvgIpc) is 2.56. The largest absolute Gasteiger partial charge is 0.356 e. The maximum atomic E-state index is 4.34. The van der Waals surface area contributed by atoms with Crippen LogP contribution in [0.2, 0.25) is 0 Å². The average molecular weight is 316 g/mol. The monoisotopic (exact) mass is 316 g/mol. The summed E-state index contributed by atoms with van der Waals surface area (Å²) >= 11 is 0. The second-order valence-electron chi connectivity index (χ2n) is 6.95. The van der Waals surface area contributed by atoms with E-state index in [4.69, 9.17) is 0 Å². The van der Waals surface area contributed by atoms with Gasteiger partial charge in [-0.05, 0) is 36.8 Å². The van der Waals surface area contributed by atoms with E-state index in [9.17, 15) is 0 Å². The van der Waals surface area contributed by atoms with Crippen LogP contribution in [0.4, 0.5) is 0 Å². The third kappa shape index (κ3) is 6.61. The molecule has 128 valence electrons. The lowest BCUT2D eigenvalue weighted by Gasteiger charge is -2.34. The predicted octanol–water partition coefficient (Wildman–Crippen LogP) is 2.72. The molecule has 2 rings (SSSR count). The lowest BCUT2D eigenvalue weighted by Crippen LogP contribution is -2.44. The fraction of sp³-hybridized carbons (Fsp3) is 0.632. The predicted molar refractivity (Wildman–Crippen MR) is 98.6 cm³/mol. The number of nitrogens with zero attached hydrogens (tertiary/aromatic N) is 2. The molecule has 1 unspecified atom stereocenters. The Morgan fingerprint density at radius 1 is 1.26 bits per heavy atom. The Kier molecular flexibility index (Phi) is 7.40. The number of likely N-dealkylation sites (tertiary alicyclic amines) is 1. The van der Waals surface area contributed by atoms with Crippen molar-refractivity contribution >= 4 is 5.96 Å². The fourth-order valence-electron chi connectivity index (χ4n) is 3.24. The molecule has 0 amide bonds. The molecule has 0 radical (unpaired) electrons. The molecule has 1 aromatic carbocycles. The second kappa shape index (κ2) is 9.56. The minimum absolute atomic E-state index is 0.720. The third-order valence-corrected chi connectivity index (χ3v) is 4.31. The van der Waals surface area contributed by atoms with E-state index in [1.165, 1.54) is 38.0 Å².